The van der Waals surface area contributed by atoms with Crippen LogP contribution in [0.15, 0.2) is 42.6 Å². The minimum atomic E-state index is -4.63. The number of hydrogen-bond donors (Lipinski definition) is 1. The molecule has 0 spiro atoms. The quantitative estimate of drug-likeness (QED) is 0.692. The Morgan fingerprint density at radius 3 is 2.32 bits per heavy atom. The Kier molecular flexibility index (Phi) is 5.84. The molecule has 7 heteroatoms. The minimum Gasteiger partial charge on any atom is -0.380 e. The molecule has 1 unspecified atom stereocenters. The van der Waals surface area contributed by atoms with Crippen molar-refractivity contribution in [2.24, 2.45) is 5.41 Å². The molecule has 1 amide bonds. The number of alkyl halides is 3. The lowest BCUT2D eigenvalue weighted by molar-refractivity contribution is -0.192. The topological polar surface area (TPSA) is 45.2 Å². The number of nitrogens with zero attached hydrogens (tertiary/aromatic N) is 2. The summed E-state index contributed by atoms with van der Waals surface area (Å²) < 4.78 is 41.5. The van der Waals surface area contributed by atoms with Crippen LogP contribution in [0.3, 0.4) is 0 Å². The highest BCUT2D eigenvalue weighted by Gasteiger charge is 2.47. The van der Waals surface area contributed by atoms with Gasteiger partial charge in [-0.05, 0) is 29.7 Å². The molecule has 1 N–H and O–H groups in total. The van der Waals surface area contributed by atoms with Gasteiger partial charge in [-0.2, -0.15) is 13.2 Å². The zero-order chi connectivity index (χ0) is 23.2. The zero-order valence-corrected chi connectivity index (χ0v) is 18.8. The summed E-state index contributed by atoms with van der Waals surface area (Å²) >= 11 is 0. The molecule has 0 bridgehead atoms. The molecular formula is C24H30F3N3O. The molecule has 168 valence electrons. The Hall–Kier alpha value is -2.57. The highest BCUT2D eigenvalue weighted by molar-refractivity contribution is 5.81. The molecule has 1 aliphatic carbocycles. The average molecular weight is 434 g/mol. The fourth-order valence-electron chi connectivity index (χ4n) is 4.31. The van der Waals surface area contributed by atoms with Crippen molar-refractivity contribution in [2.45, 2.75) is 64.7 Å². The maximum absolute atomic E-state index is 13.8. The maximum Gasteiger partial charge on any atom is 0.414 e. The van der Waals surface area contributed by atoms with Crippen LogP contribution in [0.5, 0.6) is 0 Å². The Morgan fingerprint density at radius 2 is 1.81 bits per heavy atom. The van der Waals surface area contributed by atoms with Crippen molar-refractivity contribution in [1.29, 1.82) is 0 Å². The third kappa shape index (κ3) is 4.55. The van der Waals surface area contributed by atoms with E-state index in [1.807, 2.05) is 12.1 Å². The highest BCUT2D eigenvalue weighted by Crippen LogP contribution is 2.41. The van der Waals surface area contributed by atoms with Gasteiger partial charge in [0.05, 0.1) is 17.6 Å². The molecule has 4 nitrogen and oxygen atoms in total. The summed E-state index contributed by atoms with van der Waals surface area (Å²) in [6.07, 6.45) is -2.38. The minimum absolute atomic E-state index is 0.0982. The molecule has 2 aromatic rings. The molecule has 31 heavy (non-hydrogen) atoms. The molecule has 0 saturated carbocycles. The van der Waals surface area contributed by atoms with E-state index in [0.29, 0.717) is 5.69 Å². The number of pyridine rings is 1. The summed E-state index contributed by atoms with van der Waals surface area (Å²) in [5.74, 6) is -0.593. The summed E-state index contributed by atoms with van der Waals surface area (Å²) in [5, 5.41) is 3.43. The SMILES string of the molecule is CN(C(=O)C(C)(C)C)C(c1ccc(N[C@@H]2Cc3ccccc3C2(C)C)cn1)C(F)(F)F. The van der Waals surface area contributed by atoms with Crippen LogP contribution in [0.4, 0.5) is 18.9 Å². The number of anilines is 1. The molecule has 1 aromatic carbocycles. The van der Waals surface area contributed by atoms with Gasteiger partial charge in [0.1, 0.15) is 0 Å². The second kappa shape index (κ2) is 7.84. The molecule has 3 rings (SSSR count). The van der Waals surface area contributed by atoms with E-state index >= 15 is 0 Å². The van der Waals surface area contributed by atoms with E-state index in [-0.39, 0.29) is 17.2 Å². The van der Waals surface area contributed by atoms with E-state index in [1.54, 1.807) is 26.8 Å². The van der Waals surface area contributed by atoms with Gasteiger partial charge < -0.3 is 10.2 Å². The largest absolute Gasteiger partial charge is 0.414 e. The third-order valence-electron chi connectivity index (χ3n) is 6.07. The number of carbonyl (C=O) groups excluding carboxylic acids is 1. The Bertz CT molecular complexity index is 946. The van der Waals surface area contributed by atoms with Crippen molar-refractivity contribution in [3.63, 3.8) is 0 Å². The third-order valence-corrected chi connectivity index (χ3v) is 6.07. The molecule has 1 aromatic heterocycles. The molecule has 0 fully saturated rings. The first-order valence-corrected chi connectivity index (χ1v) is 10.4. The van der Waals surface area contributed by atoms with Crippen LogP contribution >= 0.6 is 0 Å². The van der Waals surface area contributed by atoms with Crippen molar-refractivity contribution in [2.75, 3.05) is 12.4 Å². The predicted octanol–water partition coefficient (Wildman–Crippen LogP) is 5.50. The number of benzene rings is 1. The predicted molar refractivity (Wildman–Crippen MR) is 116 cm³/mol. The zero-order valence-electron chi connectivity index (χ0n) is 18.8. The van der Waals surface area contributed by atoms with Crippen LogP contribution < -0.4 is 5.32 Å². The smallest absolute Gasteiger partial charge is 0.380 e. The van der Waals surface area contributed by atoms with Crippen molar-refractivity contribution in [1.82, 2.24) is 9.88 Å². The van der Waals surface area contributed by atoms with Crippen LogP contribution in [-0.2, 0) is 16.6 Å². The molecule has 2 atom stereocenters. The van der Waals surface area contributed by atoms with E-state index < -0.39 is 23.5 Å². The molecular weight excluding hydrogens is 403 g/mol. The van der Waals surface area contributed by atoms with Crippen molar-refractivity contribution >= 4 is 11.6 Å². The Labute approximate surface area is 181 Å². The number of carbonyl (C=O) groups is 1. The van der Waals surface area contributed by atoms with Crippen LogP contribution in [0.25, 0.3) is 0 Å². The fourth-order valence-corrected chi connectivity index (χ4v) is 4.31. The normalized spacial score (nSPS) is 18.9. The lowest BCUT2D eigenvalue weighted by Crippen LogP contribution is -2.44. The molecule has 1 aliphatic rings. The molecule has 1 heterocycles. The number of hydrogen-bond acceptors (Lipinski definition) is 3. The van der Waals surface area contributed by atoms with Crippen LogP contribution in [0.2, 0.25) is 0 Å². The first-order valence-electron chi connectivity index (χ1n) is 10.4. The number of nitrogens with one attached hydrogen (secondary N) is 1. The summed E-state index contributed by atoms with van der Waals surface area (Å²) in [4.78, 5) is 17.3. The molecule has 0 radical (unpaired) electrons. The summed E-state index contributed by atoms with van der Waals surface area (Å²) in [5.41, 5.74) is 1.95. The average Bonchev–Trinajstić information content (AvgIpc) is 2.91. The second-order valence-electron chi connectivity index (χ2n) is 9.86. The van der Waals surface area contributed by atoms with Crippen LogP contribution in [0.1, 0.15) is 57.5 Å². The summed E-state index contributed by atoms with van der Waals surface area (Å²) in [7, 11) is 1.18. The van der Waals surface area contributed by atoms with Gasteiger partial charge in [0.15, 0.2) is 6.04 Å². The summed E-state index contributed by atoms with van der Waals surface area (Å²) in [6, 6.07) is 9.22. The first kappa shape index (κ1) is 23.1. The number of halogens is 3. The molecule has 0 saturated heterocycles. The Balaban J connectivity index is 1.82. The first-order chi connectivity index (χ1) is 14.2. The Morgan fingerprint density at radius 1 is 1.16 bits per heavy atom. The lowest BCUT2D eigenvalue weighted by atomic mass is 9.83. The van der Waals surface area contributed by atoms with Crippen LogP contribution in [0, 0.1) is 5.41 Å². The van der Waals surface area contributed by atoms with Crippen LogP contribution in [-0.4, -0.2) is 35.1 Å². The number of aromatic nitrogens is 1. The fraction of sp³-hybridized carbons (Fsp3) is 0.500. The standard InChI is InChI=1S/C24H30F3N3O/c1-22(2,3)21(31)30(6)20(24(25,26)27)18-12-11-16(14-28-18)29-19-13-15-9-7-8-10-17(15)23(19,4)5/h7-12,14,19-20,29H,13H2,1-6H3/t19-,20?/m1/s1. The molecule has 0 aliphatic heterocycles. The van der Waals surface area contributed by atoms with Gasteiger partial charge in [0, 0.05) is 23.9 Å². The van der Waals surface area contributed by atoms with Gasteiger partial charge in [0.2, 0.25) is 5.91 Å². The monoisotopic (exact) mass is 433 g/mol. The van der Waals surface area contributed by atoms with Gasteiger partial charge in [-0.3, -0.25) is 9.78 Å². The van der Waals surface area contributed by atoms with E-state index in [9.17, 15) is 18.0 Å². The van der Waals surface area contributed by atoms with Gasteiger partial charge in [-0.1, -0.05) is 58.9 Å². The van der Waals surface area contributed by atoms with E-state index in [1.165, 1.54) is 30.4 Å². The van der Waals surface area contributed by atoms with E-state index in [0.717, 1.165) is 11.3 Å². The van der Waals surface area contributed by atoms with Crippen molar-refractivity contribution < 1.29 is 18.0 Å². The van der Waals surface area contributed by atoms with Gasteiger partial charge in [-0.25, -0.2) is 0 Å². The maximum atomic E-state index is 13.8. The van der Waals surface area contributed by atoms with E-state index in [2.05, 4.69) is 36.3 Å². The summed E-state index contributed by atoms with van der Waals surface area (Å²) in [6.45, 7) is 9.11. The van der Waals surface area contributed by atoms with Crippen molar-refractivity contribution in [3.05, 3.63) is 59.4 Å². The number of amides is 1. The number of rotatable bonds is 4. The van der Waals surface area contributed by atoms with E-state index in [4.69, 9.17) is 0 Å². The number of fused-ring (bicyclic) bond motifs is 1. The van der Waals surface area contributed by atoms with Crippen molar-refractivity contribution in [3.8, 4) is 0 Å². The lowest BCUT2D eigenvalue weighted by Gasteiger charge is -2.34. The van der Waals surface area contributed by atoms with Gasteiger partial charge in [-0.15, -0.1) is 0 Å². The highest BCUT2D eigenvalue weighted by atomic mass is 19.4. The van der Waals surface area contributed by atoms with Gasteiger partial charge >= 0.3 is 6.18 Å². The second-order valence-corrected chi connectivity index (χ2v) is 9.86. The van der Waals surface area contributed by atoms with Gasteiger partial charge in [0.25, 0.3) is 0 Å².